The van der Waals surface area contributed by atoms with Crippen molar-refractivity contribution in [2.75, 3.05) is 0 Å². The van der Waals surface area contributed by atoms with Gasteiger partial charge in [-0.2, -0.15) is 0 Å². The van der Waals surface area contributed by atoms with Crippen molar-refractivity contribution in [3.05, 3.63) is 11.8 Å². The maximum atomic E-state index is 5.86. The third-order valence-corrected chi connectivity index (χ3v) is 2.96. The van der Waals surface area contributed by atoms with E-state index in [0.29, 0.717) is 0 Å². The summed E-state index contributed by atoms with van der Waals surface area (Å²) in [6.07, 6.45) is 7.06. The Labute approximate surface area is 80.0 Å². The van der Waals surface area contributed by atoms with Crippen molar-refractivity contribution in [3.8, 4) is 0 Å². The summed E-state index contributed by atoms with van der Waals surface area (Å²) < 4.78 is 0. The van der Waals surface area contributed by atoms with E-state index in [1.807, 2.05) is 12.2 Å². The lowest BCUT2D eigenvalue weighted by Crippen LogP contribution is -2.07. The third kappa shape index (κ3) is 10.5. The summed E-state index contributed by atoms with van der Waals surface area (Å²) >= 11 is 11.7. The molecule has 0 nitrogen and oxygen atoms in total. The average Bonchev–Trinajstić information content (AvgIpc) is 1.85. The Bertz CT molecular complexity index is 116. The van der Waals surface area contributed by atoms with Crippen molar-refractivity contribution in [1.29, 1.82) is 0 Å². The van der Waals surface area contributed by atoms with Crippen molar-refractivity contribution >= 4 is 28.9 Å². The summed E-state index contributed by atoms with van der Waals surface area (Å²) in [5.41, 5.74) is 1.98. The molecule has 0 fully saturated rings. The van der Waals surface area contributed by atoms with E-state index in [9.17, 15) is 0 Å². The summed E-state index contributed by atoms with van der Waals surface area (Å²) in [6, 6.07) is 0. The van der Waals surface area contributed by atoms with Gasteiger partial charge in [-0.25, -0.2) is 0 Å². The zero-order valence-corrected chi connectivity index (χ0v) is 9.75. The van der Waals surface area contributed by atoms with Crippen molar-refractivity contribution in [1.82, 2.24) is 0 Å². The lowest BCUT2D eigenvalue weighted by Gasteiger charge is -2.00. The van der Waals surface area contributed by atoms with Gasteiger partial charge in [-0.05, 0) is 19.4 Å². The van der Waals surface area contributed by atoms with Crippen molar-refractivity contribution in [3.63, 3.8) is 0 Å². The predicted molar refractivity (Wildman–Crippen MR) is 56.6 cm³/mol. The van der Waals surface area contributed by atoms with Gasteiger partial charge in [0, 0.05) is 0 Å². The average molecular weight is 211 g/mol. The Morgan fingerprint density at radius 3 is 2.36 bits per heavy atom. The van der Waals surface area contributed by atoms with Gasteiger partial charge in [-0.1, -0.05) is 31.5 Å². The van der Waals surface area contributed by atoms with E-state index in [1.54, 1.807) is 0 Å². The highest BCUT2D eigenvalue weighted by Gasteiger charge is 2.14. The molecule has 0 amide bonds. The fraction of sp³-hybridized carbons (Fsp3) is 0.750. The second-order valence-electron chi connectivity index (χ2n) is 2.85. The Balaban J connectivity index is 3.30. The summed E-state index contributed by atoms with van der Waals surface area (Å²) in [7, 11) is 0. The summed E-state index contributed by atoms with van der Waals surface area (Å²) in [4.78, 5) is 0. The molecular weight excluding hydrogens is 195 g/mol. The van der Waals surface area contributed by atoms with Crippen LogP contribution in [0.15, 0.2) is 11.8 Å². The van der Waals surface area contributed by atoms with Crippen LogP contribution in [-0.4, -0.2) is 6.69 Å². The van der Waals surface area contributed by atoms with E-state index in [4.69, 9.17) is 22.2 Å². The highest BCUT2D eigenvalue weighted by molar-refractivity contribution is 7.47. The number of allylic oxidation sites excluding steroid dienone is 1. The molecular formula is C8H16Cl2Si. The summed E-state index contributed by atoms with van der Waals surface area (Å²) in [5, 5.41) is 0. The fourth-order valence-corrected chi connectivity index (χ4v) is 1.92. The minimum Gasteiger partial charge on any atom is -0.141 e. The van der Waals surface area contributed by atoms with Crippen LogP contribution in [0.5, 0.6) is 0 Å². The molecule has 0 aliphatic heterocycles. The lowest BCUT2D eigenvalue weighted by molar-refractivity contribution is 0.729. The van der Waals surface area contributed by atoms with Crippen LogP contribution in [0.3, 0.4) is 0 Å². The first kappa shape index (κ1) is 11.5. The molecule has 0 saturated heterocycles. The van der Waals surface area contributed by atoms with E-state index in [-0.39, 0.29) is 0 Å². The van der Waals surface area contributed by atoms with Crippen LogP contribution < -0.4 is 0 Å². The van der Waals surface area contributed by atoms with Gasteiger partial charge in [0.25, 0.3) is 6.69 Å². The van der Waals surface area contributed by atoms with Gasteiger partial charge in [0.1, 0.15) is 0 Å². The summed E-state index contributed by atoms with van der Waals surface area (Å²) in [6.45, 7) is 2.16. The van der Waals surface area contributed by atoms with E-state index in [0.717, 1.165) is 6.42 Å². The molecule has 0 N–H and O–H groups in total. The molecule has 0 bridgehead atoms. The first-order valence-corrected chi connectivity index (χ1v) is 8.72. The lowest BCUT2D eigenvalue weighted by atomic mass is 10.2. The zero-order valence-electron chi connectivity index (χ0n) is 7.24. The Hall–Kier alpha value is 0.537. The number of hydrogen-bond donors (Lipinski definition) is 0. The monoisotopic (exact) mass is 210 g/mol. The van der Waals surface area contributed by atoms with Crippen LogP contribution >= 0.6 is 22.2 Å². The molecule has 0 radical (unpaired) electrons. The van der Waals surface area contributed by atoms with Gasteiger partial charge in [0.15, 0.2) is 0 Å². The molecule has 0 aromatic rings. The van der Waals surface area contributed by atoms with Gasteiger partial charge in [-0.3, -0.25) is 0 Å². The van der Waals surface area contributed by atoms with Gasteiger partial charge in [0.05, 0.1) is 0 Å². The molecule has 0 spiro atoms. The highest BCUT2D eigenvalue weighted by atomic mass is 35.7. The smallest absolute Gasteiger partial charge is 0.141 e. The Morgan fingerprint density at radius 1 is 1.27 bits per heavy atom. The Morgan fingerprint density at radius 2 is 1.91 bits per heavy atom. The maximum absolute atomic E-state index is 5.86. The largest absolute Gasteiger partial charge is 0.270 e. The second-order valence-corrected chi connectivity index (χ2v) is 10.4. The minimum absolute atomic E-state index is 1.12. The highest BCUT2D eigenvalue weighted by Crippen LogP contribution is 2.15. The van der Waals surface area contributed by atoms with Crippen molar-refractivity contribution in [2.24, 2.45) is 0 Å². The third-order valence-electron chi connectivity index (χ3n) is 1.38. The van der Waals surface area contributed by atoms with Crippen molar-refractivity contribution < 1.29 is 0 Å². The van der Waals surface area contributed by atoms with E-state index in [1.165, 1.54) is 19.3 Å². The second kappa shape index (κ2) is 6.10. The molecule has 3 heteroatoms. The fourth-order valence-electron chi connectivity index (χ4n) is 0.802. The Kier molecular flexibility index (Phi) is 6.40. The minimum atomic E-state index is -1.95. The predicted octanol–water partition coefficient (Wildman–Crippen LogP) is 4.21. The zero-order chi connectivity index (χ0) is 8.74. The molecule has 0 aliphatic rings. The molecule has 0 rings (SSSR count). The molecule has 0 heterocycles. The molecule has 0 aliphatic carbocycles. The molecule has 0 aromatic carbocycles. The quantitative estimate of drug-likeness (QED) is 0.363. The number of hydrogen-bond acceptors (Lipinski definition) is 0. The van der Waals surface area contributed by atoms with E-state index in [2.05, 4.69) is 13.0 Å². The molecule has 0 saturated carbocycles. The van der Waals surface area contributed by atoms with E-state index >= 15 is 0 Å². The summed E-state index contributed by atoms with van der Waals surface area (Å²) in [5.74, 6) is 0. The molecule has 0 unspecified atom stereocenters. The van der Waals surface area contributed by atoms with Gasteiger partial charge >= 0.3 is 0 Å². The molecule has 66 valence electrons. The first-order chi connectivity index (χ1) is 5.06. The van der Waals surface area contributed by atoms with Gasteiger partial charge < -0.3 is 0 Å². The molecule has 0 atom stereocenters. The van der Waals surface area contributed by atoms with Crippen LogP contribution in [0.4, 0.5) is 0 Å². The topological polar surface area (TPSA) is 0 Å². The number of halogens is 2. The molecule has 0 aromatic heterocycles. The normalized spacial score (nSPS) is 12.7. The van der Waals surface area contributed by atoms with Crippen LogP contribution in [0, 0.1) is 0 Å². The van der Waals surface area contributed by atoms with E-state index < -0.39 is 6.69 Å². The van der Waals surface area contributed by atoms with Gasteiger partial charge in [-0.15, -0.1) is 22.2 Å². The maximum Gasteiger partial charge on any atom is 0.270 e. The van der Waals surface area contributed by atoms with Crippen LogP contribution in [0.25, 0.3) is 0 Å². The number of unbranched alkanes of at least 4 members (excludes halogenated alkanes) is 3. The van der Waals surface area contributed by atoms with Crippen molar-refractivity contribution in [2.45, 2.75) is 39.2 Å². The van der Waals surface area contributed by atoms with Crippen LogP contribution in [0.2, 0.25) is 6.55 Å². The first-order valence-electron chi connectivity index (χ1n) is 4.12. The molecule has 11 heavy (non-hydrogen) atoms. The van der Waals surface area contributed by atoms with Crippen LogP contribution in [-0.2, 0) is 0 Å². The van der Waals surface area contributed by atoms with Gasteiger partial charge in [0.2, 0.25) is 0 Å². The number of rotatable bonds is 5. The SMILES string of the molecule is CCCCC/C=C\[Si](C)(Cl)Cl. The van der Waals surface area contributed by atoms with Crippen LogP contribution in [0.1, 0.15) is 32.6 Å². The standard InChI is InChI=1S/C8H16Cl2Si/c1-3-4-5-6-7-8-11(2,9)10/h7-8H,3-6H2,1-2H3/b8-7-.